The van der Waals surface area contributed by atoms with E-state index in [1.807, 2.05) is 6.07 Å². The first kappa shape index (κ1) is 28.4. The Morgan fingerprint density at radius 1 is 1.00 bits per heavy atom. The van der Waals surface area contributed by atoms with Gasteiger partial charge in [0.15, 0.2) is 0 Å². The lowest BCUT2D eigenvalue weighted by molar-refractivity contribution is 0.312. The maximum atomic E-state index is 13.2. The highest BCUT2D eigenvalue weighted by Gasteiger charge is 2.24. The van der Waals surface area contributed by atoms with Crippen LogP contribution in [-0.2, 0) is 23.0 Å². The van der Waals surface area contributed by atoms with Crippen molar-refractivity contribution >= 4 is 44.2 Å². The molecule has 43 heavy (non-hydrogen) atoms. The van der Waals surface area contributed by atoms with Crippen molar-refractivity contribution in [1.29, 1.82) is 0 Å². The highest BCUT2D eigenvalue weighted by molar-refractivity contribution is 7.89. The predicted octanol–water partition coefficient (Wildman–Crippen LogP) is 4.05. The number of H-pyrrole nitrogens is 2. The molecule has 0 amide bonds. The average Bonchev–Trinajstić information content (AvgIpc) is 3.41. The van der Waals surface area contributed by atoms with Gasteiger partial charge in [0.1, 0.15) is 22.1 Å². The van der Waals surface area contributed by atoms with E-state index in [1.165, 1.54) is 31.3 Å². The summed E-state index contributed by atoms with van der Waals surface area (Å²) in [6.45, 7) is 1.79. The highest BCUT2D eigenvalue weighted by atomic mass is 32.2. The molecule has 2 aromatic carbocycles. The second-order valence-corrected chi connectivity index (χ2v) is 12.7. The maximum Gasteiger partial charge on any atom is 0.248 e. The molecule has 0 radical (unpaired) electrons. The Kier molecular flexibility index (Phi) is 7.38. The minimum Gasteiger partial charge on any atom is -0.495 e. The van der Waals surface area contributed by atoms with Gasteiger partial charge < -0.3 is 30.2 Å². The summed E-state index contributed by atoms with van der Waals surface area (Å²) >= 11 is 0. The van der Waals surface area contributed by atoms with Crippen LogP contribution >= 0.6 is 0 Å². The number of fused-ring (bicyclic) bond motifs is 2. The van der Waals surface area contributed by atoms with Crippen LogP contribution in [0.2, 0.25) is 0 Å². The normalized spacial score (nSPS) is 13.7. The third-order valence-corrected chi connectivity index (χ3v) is 9.36. The number of para-hydroxylation sites is 1. The van der Waals surface area contributed by atoms with Gasteiger partial charge in [0.2, 0.25) is 21.5 Å². The van der Waals surface area contributed by atoms with Gasteiger partial charge >= 0.3 is 0 Å². The molecule has 0 bridgehead atoms. The van der Waals surface area contributed by atoms with Gasteiger partial charge in [-0.1, -0.05) is 12.1 Å². The molecule has 12 nitrogen and oxygen atoms in total. The zero-order valence-electron chi connectivity index (χ0n) is 24.2. The standard InChI is InChI=1S/C30H32N8O4S/c1-37(2)43(40,41)25-8-6-5-7-22(25)33-29-27-21(19-9-11-31-26(39)15-19)16-32-28(27)35-30(36-29)34-23-13-20-17-38(3)12-10-18(20)14-24(23)42-4/h5-9,11,13-16H,10,12,17H2,1-4H3,(H,31,39)(H3,32,33,34,35,36). The van der Waals surface area contributed by atoms with Crippen LogP contribution in [0.3, 0.4) is 0 Å². The summed E-state index contributed by atoms with van der Waals surface area (Å²) in [4.78, 5) is 29.9. The number of rotatable bonds is 8. The van der Waals surface area contributed by atoms with Crippen molar-refractivity contribution in [2.24, 2.45) is 0 Å². The number of methoxy groups -OCH3 is 1. The van der Waals surface area contributed by atoms with E-state index < -0.39 is 10.0 Å². The molecule has 5 aromatic rings. The lowest BCUT2D eigenvalue weighted by atomic mass is 9.99. The summed E-state index contributed by atoms with van der Waals surface area (Å²) in [6, 6.07) is 14.0. The monoisotopic (exact) mass is 600 g/mol. The number of hydrogen-bond donors (Lipinski definition) is 4. The molecule has 0 aliphatic carbocycles. The summed E-state index contributed by atoms with van der Waals surface area (Å²) in [7, 11) is 2.90. The number of anilines is 4. The summed E-state index contributed by atoms with van der Waals surface area (Å²) in [5, 5.41) is 7.17. The van der Waals surface area contributed by atoms with Gasteiger partial charge in [-0.3, -0.25) is 4.79 Å². The van der Waals surface area contributed by atoms with Crippen LogP contribution in [0.15, 0.2) is 70.6 Å². The van der Waals surface area contributed by atoms with Crippen molar-refractivity contribution in [3.63, 3.8) is 0 Å². The molecule has 6 rings (SSSR count). The van der Waals surface area contributed by atoms with E-state index in [1.54, 1.807) is 49.8 Å². The Bertz CT molecular complexity index is 2000. The number of likely N-dealkylation sites (N-methyl/N-ethyl adjacent to an activating group) is 1. The van der Waals surface area contributed by atoms with Crippen LogP contribution in [0.4, 0.5) is 23.1 Å². The number of aromatic amines is 2. The molecule has 222 valence electrons. The van der Waals surface area contributed by atoms with E-state index in [0.29, 0.717) is 45.1 Å². The first-order chi connectivity index (χ1) is 20.6. The Labute approximate surface area is 248 Å². The number of sulfonamides is 1. The Morgan fingerprint density at radius 2 is 1.81 bits per heavy atom. The molecule has 3 aromatic heterocycles. The van der Waals surface area contributed by atoms with Gasteiger partial charge in [-0.25, -0.2) is 12.7 Å². The van der Waals surface area contributed by atoms with Crippen LogP contribution in [0.5, 0.6) is 5.75 Å². The summed E-state index contributed by atoms with van der Waals surface area (Å²) in [5.74, 6) is 1.28. The Hall–Kier alpha value is -4.72. The molecule has 1 aliphatic heterocycles. The quantitative estimate of drug-likeness (QED) is 0.207. The fourth-order valence-corrected chi connectivity index (χ4v) is 6.29. The summed E-state index contributed by atoms with van der Waals surface area (Å²) in [6.07, 6.45) is 4.25. The van der Waals surface area contributed by atoms with Crippen LogP contribution in [0.1, 0.15) is 11.1 Å². The SMILES string of the molecule is COc1cc2c(cc1Nc1nc(Nc3ccccc3S(=O)(=O)N(C)C)c3c(-c4cc[nH]c(=O)c4)c[nH]c3n1)CN(C)CC2. The average molecular weight is 601 g/mol. The topological polar surface area (TPSA) is 148 Å². The van der Waals surface area contributed by atoms with Crippen LogP contribution < -0.4 is 20.9 Å². The zero-order valence-corrected chi connectivity index (χ0v) is 25.0. The third kappa shape index (κ3) is 5.45. The van der Waals surface area contributed by atoms with Gasteiger partial charge in [0, 0.05) is 51.2 Å². The van der Waals surface area contributed by atoms with Gasteiger partial charge in [-0.05, 0) is 60.5 Å². The second kappa shape index (κ2) is 11.2. The number of pyridine rings is 1. The molecular formula is C30H32N8O4S. The number of hydrogen-bond acceptors (Lipinski definition) is 9. The number of nitrogens with one attached hydrogen (secondary N) is 4. The van der Waals surface area contributed by atoms with Crippen molar-refractivity contribution < 1.29 is 13.2 Å². The zero-order chi connectivity index (χ0) is 30.3. The second-order valence-electron chi connectivity index (χ2n) is 10.6. The molecule has 13 heteroatoms. The summed E-state index contributed by atoms with van der Waals surface area (Å²) in [5.41, 5.74) is 5.04. The molecule has 0 saturated carbocycles. The van der Waals surface area contributed by atoms with Crippen molar-refractivity contribution in [2.45, 2.75) is 17.9 Å². The number of benzene rings is 2. The van der Waals surface area contributed by atoms with Crippen LogP contribution in [-0.4, -0.2) is 72.4 Å². The minimum atomic E-state index is -3.78. The van der Waals surface area contributed by atoms with E-state index in [9.17, 15) is 13.2 Å². The summed E-state index contributed by atoms with van der Waals surface area (Å²) < 4.78 is 33.2. The van der Waals surface area contributed by atoms with Crippen molar-refractivity contribution in [1.82, 2.24) is 29.1 Å². The smallest absolute Gasteiger partial charge is 0.248 e. The third-order valence-electron chi connectivity index (χ3n) is 7.49. The van der Waals surface area contributed by atoms with Gasteiger partial charge in [-0.2, -0.15) is 9.97 Å². The largest absolute Gasteiger partial charge is 0.495 e. The molecule has 4 heterocycles. The number of aromatic nitrogens is 4. The molecule has 0 fully saturated rings. The molecule has 4 N–H and O–H groups in total. The molecule has 0 unspecified atom stereocenters. The minimum absolute atomic E-state index is 0.0926. The van der Waals surface area contributed by atoms with Crippen LogP contribution in [0.25, 0.3) is 22.2 Å². The van der Waals surface area contributed by atoms with E-state index in [2.05, 4.69) is 38.6 Å². The maximum absolute atomic E-state index is 13.2. The fourth-order valence-electron chi connectivity index (χ4n) is 5.25. The molecule has 0 atom stereocenters. The molecular weight excluding hydrogens is 568 g/mol. The van der Waals surface area contributed by atoms with Crippen molar-refractivity contribution in [3.8, 4) is 16.9 Å². The number of nitrogens with zero attached hydrogens (tertiary/aromatic N) is 4. The lowest BCUT2D eigenvalue weighted by Gasteiger charge is -2.26. The Morgan fingerprint density at radius 3 is 2.58 bits per heavy atom. The van der Waals surface area contributed by atoms with Crippen molar-refractivity contribution in [3.05, 3.63) is 82.4 Å². The van der Waals surface area contributed by atoms with Crippen molar-refractivity contribution in [2.75, 3.05) is 45.4 Å². The molecule has 1 aliphatic rings. The first-order valence-electron chi connectivity index (χ1n) is 13.7. The van der Waals surface area contributed by atoms with Crippen LogP contribution in [0, 0.1) is 0 Å². The van der Waals surface area contributed by atoms with E-state index in [4.69, 9.17) is 14.7 Å². The first-order valence-corrected chi connectivity index (χ1v) is 15.1. The fraction of sp³-hybridized carbons (Fsp3) is 0.233. The lowest BCUT2D eigenvalue weighted by Crippen LogP contribution is -2.26. The molecule has 0 spiro atoms. The van der Waals surface area contributed by atoms with E-state index in [-0.39, 0.29) is 16.4 Å². The molecule has 0 saturated heterocycles. The van der Waals surface area contributed by atoms with Gasteiger partial charge in [-0.15, -0.1) is 0 Å². The van der Waals surface area contributed by atoms with Gasteiger partial charge in [0.25, 0.3) is 0 Å². The number of ether oxygens (including phenoxy) is 1. The van der Waals surface area contributed by atoms with Gasteiger partial charge in [0.05, 0.1) is 23.9 Å². The van der Waals surface area contributed by atoms with E-state index in [0.717, 1.165) is 23.8 Å². The Balaban J connectivity index is 1.50. The highest BCUT2D eigenvalue weighted by Crippen LogP contribution is 2.37. The van der Waals surface area contributed by atoms with E-state index >= 15 is 0 Å². The predicted molar refractivity (Wildman–Crippen MR) is 167 cm³/mol.